The fraction of sp³-hybridized carbons (Fsp3) is 0.308. The maximum absolute atomic E-state index is 13.6. The Balaban J connectivity index is 1.55. The van der Waals surface area contributed by atoms with Gasteiger partial charge < -0.3 is 9.72 Å². The lowest BCUT2D eigenvalue weighted by Crippen LogP contribution is -2.20. The number of nitrogens with one attached hydrogen (secondary N) is 1. The Morgan fingerprint density at radius 1 is 1.03 bits per heavy atom. The molecule has 1 N–H and O–H groups in total. The number of alkyl halides is 2. The predicted molar refractivity (Wildman–Crippen MR) is 118 cm³/mol. The van der Waals surface area contributed by atoms with E-state index in [9.17, 15) is 8.78 Å². The zero-order valence-electron chi connectivity index (χ0n) is 17.5. The van der Waals surface area contributed by atoms with E-state index in [1.165, 1.54) is 22.4 Å². The van der Waals surface area contributed by atoms with Crippen molar-refractivity contribution >= 4 is 6.08 Å². The van der Waals surface area contributed by atoms with Crippen LogP contribution in [0.4, 0.5) is 8.78 Å². The number of aromatic nitrogens is 1. The van der Waals surface area contributed by atoms with Crippen LogP contribution in [0.2, 0.25) is 0 Å². The van der Waals surface area contributed by atoms with E-state index in [0.29, 0.717) is 6.42 Å². The molecule has 1 aliphatic carbocycles. The summed E-state index contributed by atoms with van der Waals surface area (Å²) >= 11 is 0. The van der Waals surface area contributed by atoms with E-state index < -0.39 is 6.11 Å². The Kier molecular flexibility index (Phi) is 5.76. The van der Waals surface area contributed by atoms with Crippen molar-refractivity contribution < 1.29 is 13.5 Å². The van der Waals surface area contributed by atoms with Crippen LogP contribution in [-0.2, 0) is 19.3 Å². The average molecular weight is 408 g/mol. The van der Waals surface area contributed by atoms with Crippen LogP contribution in [0.15, 0.2) is 54.7 Å². The second kappa shape index (κ2) is 8.47. The number of ether oxygens (including phenoxy) is 1. The highest BCUT2D eigenvalue weighted by Crippen LogP contribution is 2.32. The number of aromatic amines is 1. The van der Waals surface area contributed by atoms with Crippen LogP contribution >= 0.6 is 0 Å². The molecule has 1 aromatic heterocycles. The van der Waals surface area contributed by atoms with Gasteiger partial charge in [0.15, 0.2) is 0 Å². The van der Waals surface area contributed by atoms with Gasteiger partial charge in [0.25, 0.3) is 0 Å². The van der Waals surface area contributed by atoms with Crippen molar-refractivity contribution in [1.82, 2.24) is 4.98 Å². The summed E-state index contributed by atoms with van der Waals surface area (Å²) < 4.78 is 32.1. The maximum Gasteiger partial charge on any atom is 0.394 e. The van der Waals surface area contributed by atoms with Crippen LogP contribution in [0.5, 0.6) is 5.75 Å². The predicted octanol–water partition coefficient (Wildman–Crippen LogP) is 7.12. The van der Waals surface area contributed by atoms with Gasteiger partial charge in [0.05, 0.1) is 0 Å². The molecule has 30 heavy (non-hydrogen) atoms. The van der Waals surface area contributed by atoms with Crippen molar-refractivity contribution in [2.24, 2.45) is 0 Å². The van der Waals surface area contributed by atoms with Gasteiger partial charge in [-0.05, 0) is 79.0 Å². The fourth-order valence-corrected chi connectivity index (χ4v) is 4.11. The molecular formula is C26H27F2NO. The van der Waals surface area contributed by atoms with Crippen LogP contribution in [0.1, 0.15) is 47.7 Å². The summed E-state index contributed by atoms with van der Waals surface area (Å²) in [6.07, 6.45) is 7.84. The molecule has 0 saturated heterocycles. The largest absolute Gasteiger partial charge is 0.432 e. The number of rotatable bonds is 7. The zero-order chi connectivity index (χ0) is 21.1. The average Bonchev–Trinajstić information content (AvgIpc) is 3.11. The summed E-state index contributed by atoms with van der Waals surface area (Å²) in [6, 6.07) is 13.7. The van der Waals surface area contributed by atoms with Gasteiger partial charge >= 0.3 is 6.11 Å². The number of aryl methyl sites for hydroxylation is 4. The smallest absolute Gasteiger partial charge is 0.394 e. The number of halogens is 2. The molecule has 0 fully saturated rings. The van der Waals surface area contributed by atoms with Crippen LogP contribution in [0, 0.1) is 6.92 Å². The Morgan fingerprint density at radius 2 is 1.83 bits per heavy atom. The van der Waals surface area contributed by atoms with Crippen molar-refractivity contribution in [3.63, 3.8) is 0 Å². The molecule has 1 aliphatic rings. The first-order valence-electron chi connectivity index (χ1n) is 10.5. The minimum atomic E-state index is -3.20. The van der Waals surface area contributed by atoms with E-state index in [0.717, 1.165) is 49.3 Å². The van der Waals surface area contributed by atoms with E-state index in [-0.39, 0.29) is 5.75 Å². The fourth-order valence-electron chi connectivity index (χ4n) is 4.11. The Hall–Kier alpha value is -2.88. The number of fused-ring (bicyclic) bond motifs is 1. The molecule has 0 spiro atoms. The lowest BCUT2D eigenvalue weighted by atomic mass is 9.96. The highest BCUT2D eigenvalue weighted by molar-refractivity contribution is 5.66. The second-order valence-electron chi connectivity index (χ2n) is 8.10. The molecule has 0 bridgehead atoms. The van der Waals surface area contributed by atoms with Crippen molar-refractivity contribution in [2.75, 3.05) is 0 Å². The lowest BCUT2D eigenvalue weighted by molar-refractivity contribution is -0.159. The van der Waals surface area contributed by atoms with Crippen LogP contribution < -0.4 is 4.74 Å². The molecule has 0 aliphatic heterocycles. The molecule has 0 unspecified atom stereocenters. The van der Waals surface area contributed by atoms with Gasteiger partial charge in [0.1, 0.15) is 5.75 Å². The van der Waals surface area contributed by atoms with Crippen LogP contribution in [0.25, 0.3) is 17.2 Å². The molecule has 0 atom stereocenters. The highest BCUT2D eigenvalue weighted by atomic mass is 19.3. The number of hydrogen-bond acceptors (Lipinski definition) is 1. The zero-order valence-corrected chi connectivity index (χ0v) is 17.5. The minimum Gasteiger partial charge on any atom is -0.432 e. The molecule has 2 nitrogen and oxygen atoms in total. The Bertz CT molecular complexity index is 1060. The van der Waals surface area contributed by atoms with E-state index >= 15 is 0 Å². The van der Waals surface area contributed by atoms with Gasteiger partial charge in [-0.1, -0.05) is 48.0 Å². The Morgan fingerprint density at radius 3 is 2.63 bits per heavy atom. The number of allylic oxidation sites excluding steroid dienone is 1. The second-order valence-corrected chi connectivity index (χ2v) is 8.10. The molecular weight excluding hydrogens is 380 g/mol. The van der Waals surface area contributed by atoms with Gasteiger partial charge in [0.2, 0.25) is 0 Å². The van der Waals surface area contributed by atoms with E-state index in [1.54, 1.807) is 6.07 Å². The number of benzene rings is 2. The summed E-state index contributed by atoms with van der Waals surface area (Å²) in [7, 11) is 0. The minimum absolute atomic E-state index is 0.259. The third kappa shape index (κ3) is 4.81. The number of hydrogen-bond donors (Lipinski definition) is 1. The van der Waals surface area contributed by atoms with E-state index in [2.05, 4.69) is 29.4 Å². The molecule has 0 saturated carbocycles. The van der Waals surface area contributed by atoms with Gasteiger partial charge in [-0.25, -0.2) is 0 Å². The third-order valence-electron chi connectivity index (χ3n) is 5.53. The molecule has 4 heteroatoms. The summed E-state index contributed by atoms with van der Waals surface area (Å²) in [5, 5.41) is 0. The molecule has 156 valence electrons. The van der Waals surface area contributed by atoms with E-state index in [4.69, 9.17) is 4.74 Å². The third-order valence-corrected chi connectivity index (χ3v) is 5.53. The van der Waals surface area contributed by atoms with Crippen molar-refractivity contribution in [3.8, 4) is 16.9 Å². The van der Waals surface area contributed by atoms with Crippen LogP contribution in [-0.4, -0.2) is 11.1 Å². The molecule has 2 aromatic carbocycles. The summed E-state index contributed by atoms with van der Waals surface area (Å²) in [5.74, 6) is 0.259. The molecule has 1 heterocycles. The van der Waals surface area contributed by atoms with Crippen molar-refractivity contribution in [2.45, 2.75) is 52.1 Å². The van der Waals surface area contributed by atoms with Gasteiger partial charge in [0, 0.05) is 18.8 Å². The first kappa shape index (κ1) is 20.4. The normalized spacial score (nSPS) is 13.3. The molecule has 0 radical (unpaired) electrons. The first-order chi connectivity index (χ1) is 14.4. The molecule has 4 rings (SSSR count). The summed E-state index contributed by atoms with van der Waals surface area (Å²) in [4.78, 5) is 3.38. The van der Waals surface area contributed by atoms with Gasteiger partial charge in [-0.3, -0.25) is 0 Å². The van der Waals surface area contributed by atoms with Gasteiger partial charge in [-0.15, -0.1) is 0 Å². The first-order valence-corrected chi connectivity index (χ1v) is 10.5. The highest BCUT2D eigenvalue weighted by Gasteiger charge is 2.24. The maximum atomic E-state index is 13.6. The number of H-pyrrole nitrogens is 1. The standard InChI is InChI=1S/C26H27F2NO/c1-18-7-5-8-19(15-18)20-13-14-25(30-26(2,27)28)21(16-20)9-6-10-22-17-29-24-12-4-3-11-23(22)24/h3,5,7-8,11,13-17,29H,4,6,9-10,12H2,1-2H3. The topological polar surface area (TPSA) is 25.0 Å². The monoisotopic (exact) mass is 407 g/mol. The molecule has 3 aromatic rings. The summed E-state index contributed by atoms with van der Waals surface area (Å²) in [6.45, 7) is 2.83. The molecule has 0 amide bonds. The van der Waals surface area contributed by atoms with Gasteiger partial charge in [-0.2, -0.15) is 8.78 Å². The Labute approximate surface area is 176 Å². The van der Waals surface area contributed by atoms with Crippen LogP contribution in [0.3, 0.4) is 0 Å². The SMILES string of the molecule is Cc1cccc(-c2ccc(OC(C)(F)F)c(CCCc3c[nH]c4c3C=CCC4)c2)c1. The van der Waals surface area contributed by atoms with E-state index in [1.807, 2.05) is 37.3 Å². The summed E-state index contributed by atoms with van der Waals surface area (Å²) in [5.41, 5.74) is 7.96. The van der Waals surface area contributed by atoms with Crippen molar-refractivity contribution in [3.05, 3.63) is 82.7 Å². The van der Waals surface area contributed by atoms with Crippen molar-refractivity contribution in [1.29, 1.82) is 0 Å². The lowest BCUT2D eigenvalue weighted by Gasteiger charge is -2.18. The quantitative estimate of drug-likeness (QED) is 0.443.